The van der Waals surface area contributed by atoms with Gasteiger partial charge in [0.15, 0.2) is 0 Å². The topological polar surface area (TPSA) is 106 Å². The molecule has 9 heteroatoms. The van der Waals surface area contributed by atoms with Crippen molar-refractivity contribution >= 4 is 10.0 Å². The maximum Gasteiger partial charge on any atom is 0.244 e. The lowest BCUT2D eigenvalue weighted by molar-refractivity contribution is 0.280. The molecule has 0 unspecified atom stereocenters. The van der Waals surface area contributed by atoms with E-state index in [0.29, 0.717) is 11.4 Å². The van der Waals surface area contributed by atoms with Crippen LogP contribution < -0.4 is 9.46 Å². The minimum absolute atomic E-state index is 0.00404. The van der Waals surface area contributed by atoms with E-state index in [-0.39, 0.29) is 23.8 Å². The van der Waals surface area contributed by atoms with Gasteiger partial charge in [-0.15, -0.1) is 10.2 Å². The van der Waals surface area contributed by atoms with Gasteiger partial charge in [-0.05, 0) is 17.7 Å². The molecule has 21 heavy (non-hydrogen) atoms. The van der Waals surface area contributed by atoms with E-state index in [1.54, 1.807) is 11.6 Å². The predicted octanol–water partition coefficient (Wildman–Crippen LogP) is -0.206. The maximum absolute atomic E-state index is 12.3. The molecule has 2 aromatic rings. The van der Waals surface area contributed by atoms with Crippen LogP contribution in [0, 0.1) is 0 Å². The molecular formula is C12H16N4O4S. The molecule has 0 aliphatic rings. The first-order chi connectivity index (χ1) is 9.97. The minimum Gasteiger partial charge on any atom is -0.495 e. The number of aryl methyl sites for hydroxylation is 1. The monoisotopic (exact) mass is 312 g/mol. The summed E-state index contributed by atoms with van der Waals surface area (Å²) in [5.74, 6) is 0.663. The molecule has 1 aromatic heterocycles. The lowest BCUT2D eigenvalue weighted by atomic mass is 10.2. The number of hydrogen-bond acceptors (Lipinski definition) is 6. The third kappa shape index (κ3) is 3.38. The van der Waals surface area contributed by atoms with Gasteiger partial charge < -0.3 is 14.4 Å². The van der Waals surface area contributed by atoms with Gasteiger partial charge >= 0.3 is 0 Å². The lowest BCUT2D eigenvalue weighted by Crippen LogP contribution is -2.25. The van der Waals surface area contributed by atoms with E-state index in [4.69, 9.17) is 9.84 Å². The Kier molecular flexibility index (Phi) is 4.56. The second kappa shape index (κ2) is 6.20. The van der Waals surface area contributed by atoms with Crippen LogP contribution in [0.3, 0.4) is 0 Å². The molecule has 0 aliphatic heterocycles. The highest BCUT2D eigenvalue weighted by Crippen LogP contribution is 2.25. The van der Waals surface area contributed by atoms with Crippen LogP contribution >= 0.6 is 0 Å². The Hall–Kier alpha value is -1.97. The van der Waals surface area contributed by atoms with E-state index in [1.165, 1.54) is 31.6 Å². The summed E-state index contributed by atoms with van der Waals surface area (Å²) in [6.45, 7) is -0.174. The summed E-state index contributed by atoms with van der Waals surface area (Å²) >= 11 is 0. The average molecular weight is 312 g/mol. The zero-order valence-electron chi connectivity index (χ0n) is 11.6. The number of rotatable bonds is 6. The molecule has 1 aromatic carbocycles. The minimum atomic E-state index is -3.76. The van der Waals surface area contributed by atoms with Crippen LogP contribution in [-0.4, -0.2) is 35.4 Å². The number of nitrogens with one attached hydrogen (secondary N) is 1. The van der Waals surface area contributed by atoms with Crippen molar-refractivity contribution in [1.82, 2.24) is 19.5 Å². The first kappa shape index (κ1) is 15.4. The van der Waals surface area contributed by atoms with Gasteiger partial charge in [-0.25, -0.2) is 13.1 Å². The van der Waals surface area contributed by atoms with Gasteiger partial charge in [0.05, 0.1) is 20.3 Å². The van der Waals surface area contributed by atoms with Gasteiger partial charge in [0, 0.05) is 7.05 Å². The Morgan fingerprint density at radius 2 is 2.19 bits per heavy atom. The molecule has 0 bridgehead atoms. The van der Waals surface area contributed by atoms with Crippen molar-refractivity contribution < 1.29 is 18.3 Å². The van der Waals surface area contributed by atoms with E-state index in [9.17, 15) is 8.42 Å². The number of hydrogen-bond donors (Lipinski definition) is 2. The quantitative estimate of drug-likeness (QED) is 0.765. The highest BCUT2D eigenvalue weighted by atomic mass is 32.2. The Morgan fingerprint density at radius 3 is 2.76 bits per heavy atom. The van der Waals surface area contributed by atoms with Crippen molar-refractivity contribution in [3.63, 3.8) is 0 Å². The number of aliphatic hydroxyl groups excluding tert-OH is 1. The summed E-state index contributed by atoms with van der Waals surface area (Å²) in [6, 6.07) is 4.40. The van der Waals surface area contributed by atoms with Gasteiger partial charge in [-0.2, -0.15) is 0 Å². The molecule has 0 fully saturated rings. The molecule has 0 atom stereocenters. The molecule has 1 heterocycles. The standard InChI is InChI=1S/C12H16N4O4S/c1-16-8-13-15-12(16)6-14-21(18,19)11-4-3-9(7-17)5-10(11)20-2/h3-5,8,14,17H,6-7H2,1-2H3. The number of nitrogens with zero attached hydrogens (tertiary/aromatic N) is 3. The van der Waals surface area contributed by atoms with E-state index in [1.807, 2.05) is 0 Å². The highest BCUT2D eigenvalue weighted by molar-refractivity contribution is 7.89. The molecular weight excluding hydrogens is 296 g/mol. The van der Waals surface area contributed by atoms with E-state index < -0.39 is 10.0 Å². The third-order valence-corrected chi connectivity index (χ3v) is 4.37. The van der Waals surface area contributed by atoms with Gasteiger partial charge in [0.2, 0.25) is 10.0 Å². The molecule has 0 radical (unpaired) electrons. The predicted molar refractivity (Wildman–Crippen MR) is 73.9 cm³/mol. The van der Waals surface area contributed by atoms with Crippen LogP contribution in [0.2, 0.25) is 0 Å². The summed E-state index contributed by atoms with van der Waals surface area (Å²) < 4.78 is 33.7. The van der Waals surface area contributed by atoms with E-state index in [2.05, 4.69) is 14.9 Å². The Bertz CT molecular complexity index is 727. The maximum atomic E-state index is 12.3. The fraction of sp³-hybridized carbons (Fsp3) is 0.333. The van der Waals surface area contributed by atoms with Crippen LogP contribution in [0.4, 0.5) is 0 Å². The molecule has 2 rings (SSSR count). The molecule has 2 N–H and O–H groups in total. The number of aliphatic hydroxyl groups is 1. The fourth-order valence-corrected chi connectivity index (χ4v) is 2.87. The van der Waals surface area contributed by atoms with Crippen molar-refractivity contribution in [3.05, 3.63) is 35.9 Å². The Morgan fingerprint density at radius 1 is 1.43 bits per heavy atom. The number of methoxy groups -OCH3 is 1. The summed E-state index contributed by atoms with van der Waals surface area (Å²) in [4.78, 5) is 0.00404. The number of benzene rings is 1. The molecule has 0 amide bonds. The summed E-state index contributed by atoms with van der Waals surface area (Å²) in [5, 5.41) is 16.6. The largest absolute Gasteiger partial charge is 0.495 e. The first-order valence-electron chi connectivity index (χ1n) is 6.08. The number of ether oxygens (including phenoxy) is 1. The Balaban J connectivity index is 2.25. The molecule has 0 aliphatic carbocycles. The van der Waals surface area contributed by atoms with Crippen molar-refractivity contribution in [2.24, 2.45) is 7.05 Å². The van der Waals surface area contributed by atoms with E-state index in [0.717, 1.165) is 0 Å². The molecule has 114 valence electrons. The van der Waals surface area contributed by atoms with Crippen LogP contribution in [0.5, 0.6) is 5.75 Å². The smallest absolute Gasteiger partial charge is 0.244 e. The number of aromatic nitrogens is 3. The van der Waals surface area contributed by atoms with Crippen molar-refractivity contribution in [3.8, 4) is 5.75 Å². The molecule has 8 nitrogen and oxygen atoms in total. The first-order valence-corrected chi connectivity index (χ1v) is 7.56. The van der Waals surface area contributed by atoms with Crippen molar-refractivity contribution in [1.29, 1.82) is 0 Å². The summed E-state index contributed by atoms with van der Waals surface area (Å²) in [5.41, 5.74) is 0.569. The van der Waals surface area contributed by atoms with Crippen LogP contribution in [0.25, 0.3) is 0 Å². The van der Waals surface area contributed by atoms with Gasteiger partial charge in [0.1, 0.15) is 22.8 Å². The summed E-state index contributed by atoms with van der Waals surface area (Å²) in [6.07, 6.45) is 1.49. The third-order valence-electron chi connectivity index (χ3n) is 2.93. The lowest BCUT2D eigenvalue weighted by Gasteiger charge is -2.11. The zero-order chi connectivity index (χ0) is 15.5. The number of sulfonamides is 1. The molecule has 0 saturated heterocycles. The molecule has 0 spiro atoms. The average Bonchev–Trinajstić information content (AvgIpc) is 2.89. The van der Waals surface area contributed by atoms with Gasteiger partial charge in [-0.1, -0.05) is 6.07 Å². The van der Waals surface area contributed by atoms with Gasteiger partial charge in [0.25, 0.3) is 0 Å². The van der Waals surface area contributed by atoms with Crippen molar-refractivity contribution in [2.75, 3.05) is 7.11 Å². The molecule has 0 saturated carbocycles. The zero-order valence-corrected chi connectivity index (χ0v) is 12.5. The van der Waals surface area contributed by atoms with E-state index >= 15 is 0 Å². The van der Waals surface area contributed by atoms with Gasteiger partial charge in [-0.3, -0.25) is 0 Å². The van der Waals surface area contributed by atoms with Crippen molar-refractivity contribution in [2.45, 2.75) is 18.0 Å². The fourth-order valence-electron chi connectivity index (χ4n) is 1.74. The van der Waals surface area contributed by atoms with Crippen LogP contribution in [0.1, 0.15) is 11.4 Å². The normalized spacial score (nSPS) is 11.6. The highest BCUT2D eigenvalue weighted by Gasteiger charge is 2.20. The van der Waals surface area contributed by atoms with Crippen LogP contribution in [0.15, 0.2) is 29.4 Å². The van der Waals surface area contributed by atoms with Crippen LogP contribution in [-0.2, 0) is 30.2 Å². The summed E-state index contributed by atoms with van der Waals surface area (Å²) in [7, 11) is -0.663. The second-order valence-electron chi connectivity index (χ2n) is 4.33. The SMILES string of the molecule is COc1cc(CO)ccc1S(=O)(=O)NCc1nncn1C. The Labute approximate surface area is 122 Å². The second-order valence-corrected chi connectivity index (χ2v) is 6.06.